The van der Waals surface area contributed by atoms with Gasteiger partial charge in [-0.1, -0.05) is 47.0 Å². The van der Waals surface area contributed by atoms with Gasteiger partial charge in [-0.05, 0) is 11.8 Å². The molecule has 0 bridgehead atoms. The molecule has 0 aliphatic heterocycles. The normalized spacial score (nSPS) is 10.5. The summed E-state index contributed by atoms with van der Waals surface area (Å²) in [6.07, 6.45) is 1.95. The van der Waals surface area contributed by atoms with Crippen LogP contribution in [-0.4, -0.2) is 28.4 Å². The number of benzene rings is 1. The Morgan fingerprint density at radius 1 is 1.40 bits per heavy atom. The van der Waals surface area contributed by atoms with Crippen molar-refractivity contribution in [1.82, 2.24) is 10.2 Å². The van der Waals surface area contributed by atoms with E-state index < -0.39 is 0 Å². The number of aromatic nitrogens is 2. The zero-order chi connectivity index (χ0) is 14.5. The highest BCUT2D eigenvalue weighted by molar-refractivity contribution is 8.02. The molecule has 20 heavy (non-hydrogen) atoms. The van der Waals surface area contributed by atoms with Crippen LogP contribution in [0.25, 0.3) is 0 Å². The maximum absolute atomic E-state index is 11.0. The van der Waals surface area contributed by atoms with E-state index in [1.165, 1.54) is 29.2 Å². The molecule has 0 fully saturated rings. The van der Waals surface area contributed by atoms with Crippen molar-refractivity contribution in [2.24, 2.45) is 0 Å². The summed E-state index contributed by atoms with van der Waals surface area (Å²) in [5, 5.41) is 22.0. The van der Waals surface area contributed by atoms with Gasteiger partial charge in [0.1, 0.15) is 5.69 Å². The molecule has 0 unspecified atom stereocenters. The third kappa shape index (κ3) is 3.41. The topological polar surface area (TPSA) is 81.0 Å². The molecule has 2 aromatic rings. The molecule has 0 atom stereocenters. The molecule has 0 aliphatic carbocycles. The Morgan fingerprint density at radius 3 is 2.75 bits per heavy atom. The molecule has 0 saturated carbocycles. The Bertz CT molecular complexity index is 617. The van der Waals surface area contributed by atoms with Crippen LogP contribution in [0.15, 0.2) is 26.9 Å². The molecule has 1 N–H and O–H groups in total. The zero-order valence-electron chi connectivity index (χ0n) is 10.8. The second-order valence-corrected chi connectivity index (χ2v) is 6.90. The van der Waals surface area contributed by atoms with Crippen LogP contribution in [0.2, 0.25) is 0 Å². The number of rotatable bonds is 6. The number of nitro groups is 1. The maximum atomic E-state index is 11.0. The van der Waals surface area contributed by atoms with E-state index in [1.54, 1.807) is 24.9 Å². The van der Waals surface area contributed by atoms with Crippen molar-refractivity contribution in [3.05, 3.63) is 33.9 Å². The molecule has 9 heteroatoms. The molecule has 1 aromatic carbocycles. The van der Waals surface area contributed by atoms with Gasteiger partial charge < -0.3 is 5.32 Å². The van der Waals surface area contributed by atoms with Gasteiger partial charge in [-0.3, -0.25) is 10.1 Å². The van der Waals surface area contributed by atoms with E-state index in [4.69, 9.17) is 0 Å². The van der Waals surface area contributed by atoms with Crippen molar-refractivity contribution in [3.8, 4) is 0 Å². The Balaban J connectivity index is 2.16. The summed E-state index contributed by atoms with van der Waals surface area (Å²) in [5.41, 5.74) is 1.53. The lowest BCUT2D eigenvalue weighted by Crippen LogP contribution is -2.00. The lowest BCUT2D eigenvalue weighted by atomic mass is 10.1. The molecule has 0 aliphatic rings. The van der Waals surface area contributed by atoms with Crippen LogP contribution in [0.1, 0.15) is 5.56 Å². The number of nitrogens with one attached hydrogen (secondary N) is 1. The summed E-state index contributed by atoms with van der Waals surface area (Å²) < 4.78 is 1.78. The Labute approximate surface area is 128 Å². The first kappa shape index (κ1) is 15.1. The van der Waals surface area contributed by atoms with Crippen LogP contribution in [0, 0.1) is 10.1 Å². The summed E-state index contributed by atoms with van der Waals surface area (Å²) in [4.78, 5) is 10.6. The number of nitrogens with zero attached hydrogens (tertiary/aromatic N) is 3. The number of hydrogen-bond acceptors (Lipinski definition) is 8. The van der Waals surface area contributed by atoms with Crippen molar-refractivity contribution < 1.29 is 4.92 Å². The van der Waals surface area contributed by atoms with Gasteiger partial charge in [0.25, 0.3) is 5.69 Å². The van der Waals surface area contributed by atoms with E-state index in [0.29, 0.717) is 11.4 Å². The largest absolute Gasteiger partial charge is 0.382 e. The summed E-state index contributed by atoms with van der Waals surface area (Å²) in [6, 6.07) is 5.07. The molecule has 0 saturated heterocycles. The predicted octanol–water partition coefficient (Wildman–Crippen LogP) is 3.50. The average molecular weight is 328 g/mol. The number of thioether (sulfide) groups is 2. The minimum absolute atomic E-state index is 0.0904. The molecular weight excluding hydrogens is 316 g/mol. The number of para-hydroxylation sites is 1. The number of nitro benzene ring substituents is 1. The van der Waals surface area contributed by atoms with Crippen LogP contribution < -0.4 is 5.32 Å². The smallest absolute Gasteiger partial charge is 0.292 e. The van der Waals surface area contributed by atoms with Gasteiger partial charge in [0.15, 0.2) is 8.68 Å². The summed E-state index contributed by atoms with van der Waals surface area (Å²) in [7, 11) is 1.69. The van der Waals surface area contributed by atoms with Gasteiger partial charge in [0.05, 0.1) is 4.92 Å². The molecule has 0 amide bonds. The maximum Gasteiger partial charge on any atom is 0.292 e. The average Bonchev–Trinajstić information content (AvgIpc) is 2.92. The van der Waals surface area contributed by atoms with Crippen molar-refractivity contribution in [2.45, 2.75) is 14.4 Å². The zero-order valence-corrected chi connectivity index (χ0v) is 13.3. The fraction of sp³-hybridized carbons (Fsp3) is 0.273. The Morgan fingerprint density at radius 2 is 2.15 bits per heavy atom. The van der Waals surface area contributed by atoms with Gasteiger partial charge in [-0.2, -0.15) is 0 Å². The van der Waals surface area contributed by atoms with Gasteiger partial charge in [-0.15, -0.1) is 10.2 Å². The Hall–Kier alpha value is -1.32. The van der Waals surface area contributed by atoms with Crippen LogP contribution in [0.4, 0.5) is 11.4 Å². The quantitative estimate of drug-likeness (QED) is 0.494. The monoisotopic (exact) mass is 328 g/mol. The van der Waals surface area contributed by atoms with Crippen molar-refractivity contribution in [2.75, 3.05) is 18.6 Å². The molecule has 106 valence electrons. The van der Waals surface area contributed by atoms with Crippen molar-refractivity contribution in [1.29, 1.82) is 0 Å². The van der Waals surface area contributed by atoms with E-state index in [1.807, 2.05) is 12.3 Å². The van der Waals surface area contributed by atoms with Crippen LogP contribution >= 0.6 is 34.9 Å². The predicted molar refractivity (Wildman–Crippen MR) is 83.9 cm³/mol. The molecule has 0 spiro atoms. The second-order valence-electron chi connectivity index (χ2n) is 3.65. The highest BCUT2D eigenvalue weighted by atomic mass is 32.2. The second kappa shape index (κ2) is 6.91. The number of anilines is 1. The highest BCUT2D eigenvalue weighted by Crippen LogP contribution is 2.34. The van der Waals surface area contributed by atoms with Crippen molar-refractivity contribution >= 4 is 46.2 Å². The van der Waals surface area contributed by atoms with Gasteiger partial charge >= 0.3 is 0 Å². The molecular formula is C11H12N4O2S3. The summed E-state index contributed by atoms with van der Waals surface area (Å²) in [5.74, 6) is 0.612. The lowest BCUT2D eigenvalue weighted by molar-refractivity contribution is -0.384. The molecule has 1 heterocycles. The fourth-order valence-electron chi connectivity index (χ4n) is 1.63. The van der Waals surface area contributed by atoms with E-state index in [0.717, 1.165) is 14.2 Å². The molecule has 6 nitrogen and oxygen atoms in total. The molecule has 0 radical (unpaired) electrons. The summed E-state index contributed by atoms with van der Waals surface area (Å²) in [6.45, 7) is 0. The Kier molecular flexibility index (Phi) is 5.21. The number of hydrogen-bond donors (Lipinski definition) is 1. The summed E-state index contributed by atoms with van der Waals surface area (Å²) >= 11 is 4.61. The molecule has 1 aromatic heterocycles. The fourth-order valence-corrected chi connectivity index (χ4v) is 4.06. The van der Waals surface area contributed by atoms with Crippen LogP contribution in [0.5, 0.6) is 0 Å². The SMILES string of the molecule is CNc1c(CSc2nnc(SC)s2)cccc1[N+](=O)[O-]. The minimum atomic E-state index is -0.378. The van der Waals surface area contributed by atoms with Gasteiger partial charge in [0, 0.05) is 18.9 Å². The third-order valence-corrected chi connectivity index (χ3v) is 5.57. The standard InChI is InChI=1S/C11H12N4O2S3/c1-12-9-7(4-3-5-8(9)15(16)17)6-19-11-14-13-10(18-2)20-11/h3-5,12H,6H2,1-2H3. The van der Waals surface area contributed by atoms with Crippen molar-refractivity contribution in [3.63, 3.8) is 0 Å². The van der Waals surface area contributed by atoms with E-state index in [9.17, 15) is 10.1 Å². The first-order chi connectivity index (χ1) is 9.65. The van der Waals surface area contributed by atoms with E-state index in [-0.39, 0.29) is 10.6 Å². The van der Waals surface area contributed by atoms with Gasteiger partial charge in [-0.25, -0.2) is 0 Å². The van der Waals surface area contributed by atoms with E-state index in [2.05, 4.69) is 15.5 Å². The molecule has 2 rings (SSSR count). The first-order valence-corrected chi connectivity index (χ1v) is 8.62. The highest BCUT2D eigenvalue weighted by Gasteiger charge is 2.16. The van der Waals surface area contributed by atoms with E-state index >= 15 is 0 Å². The van der Waals surface area contributed by atoms with Crippen LogP contribution in [0.3, 0.4) is 0 Å². The minimum Gasteiger partial charge on any atom is -0.382 e. The van der Waals surface area contributed by atoms with Gasteiger partial charge in [0.2, 0.25) is 0 Å². The lowest BCUT2D eigenvalue weighted by Gasteiger charge is -2.08. The third-order valence-electron chi connectivity index (χ3n) is 2.49. The first-order valence-electron chi connectivity index (χ1n) is 5.60. The van der Waals surface area contributed by atoms with Crippen LogP contribution in [-0.2, 0) is 5.75 Å².